The fraction of sp³-hybridized carbons (Fsp3) is 0.880. The van der Waals surface area contributed by atoms with Crippen LogP contribution < -0.4 is 16.0 Å². The molecule has 0 aromatic heterocycles. The predicted octanol–water partition coefficient (Wildman–Crippen LogP) is 1.06. The van der Waals surface area contributed by atoms with Crippen molar-refractivity contribution in [1.82, 2.24) is 16.0 Å². The van der Waals surface area contributed by atoms with Crippen molar-refractivity contribution in [2.45, 2.75) is 51.0 Å². The van der Waals surface area contributed by atoms with Gasteiger partial charge in [0.05, 0.1) is 26.4 Å². The van der Waals surface area contributed by atoms with Crippen LogP contribution in [0.3, 0.4) is 0 Å². The molecule has 254 valence electrons. The molecule has 0 saturated heterocycles. The zero-order chi connectivity index (χ0) is 32.0. The van der Waals surface area contributed by atoms with Crippen LogP contribution in [0.5, 0.6) is 0 Å². The second-order valence-electron chi connectivity index (χ2n) is 8.88. The number of nitrogens with one attached hydrogen (secondary N) is 3. The third-order valence-corrected chi connectivity index (χ3v) is 6.26. The molecular weight excluding hydrogens is 597 g/mol. The summed E-state index contributed by atoms with van der Waals surface area (Å²) >= 11 is 0. The van der Waals surface area contributed by atoms with E-state index in [1.165, 1.54) is 7.11 Å². The molecule has 0 aromatic carbocycles. The Morgan fingerprint density at radius 2 is 1.47 bits per heavy atom. The first-order valence-electron chi connectivity index (χ1n) is 14.2. The number of unbranched alkanes of at least 4 members (excludes halogenated alkanes) is 3. The molecule has 0 rings (SSSR count). The van der Waals surface area contributed by atoms with E-state index in [1.54, 1.807) is 0 Å². The molecule has 5 N–H and O–H groups in total. The van der Waals surface area contributed by atoms with Crippen molar-refractivity contribution in [1.29, 1.82) is 0 Å². The summed E-state index contributed by atoms with van der Waals surface area (Å²) in [6.07, 6.45) is 1.80. The first-order chi connectivity index (χ1) is 20.7. The standard InChI is InChI=1S/C25H50N3O14P/c1-35-17-18-38-21-28-25(32)41-20-22(19-40-24(31)27-11-16-37-13-8-12-29)39-14-7-9-23(30)26-10-5-3-4-6-15-42-43(33,34)36-2/h22,29H,3-21H2,1-2H3,(H,26,30)(H,27,31)(H,28,32)(H,33,34). The molecule has 18 heteroatoms. The van der Waals surface area contributed by atoms with E-state index in [2.05, 4.69) is 20.5 Å². The smallest absolute Gasteiger partial charge is 0.447 e. The molecule has 43 heavy (non-hydrogen) atoms. The van der Waals surface area contributed by atoms with E-state index in [4.69, 9.17) is 42.9 Å². The monoisotopic (exact) mass is 647 g/mol. The minimum Gasteiger partial charge on any atom is -0.447 e. The number of phosphoric acid groups is 1. The number of carbonyl (C=O) groups is 3. The number of hydrogen-bond donors (Lipinski definition) is 5. The predicted molar refractivity (Wildman–Crippen MR) is 152 cm³/mol. The maximum atomic E-state index is 12.1. The minimum atomic E-state index is -3.94. The number of carbonyl (C=O) groups excluding carboxylic acids is 3. The fourth-order valence-electron chi connectivity index (χ4n) is 3.01. The number of aliphatic hydroxyl groups is 1. The van der Waals surface area contributed by atoms with E-state index in [1.807, 2.05) is 0 Å². The lowest BCUT2D eigenvalue weighted by Crippen LogP contribution is -2.35. The number of aliphatic hydroxyl groups excluding tert-OH is 1. The Morgan fingerprint density at radius 3 is 2.16 bits per heavy atom. The molecule has 0 heterocycles. The van der Waals surface area contributed by atoms with Gasteiger partial charge in [0.1, 0.15) is 26.0 Å². The second kappa shape index (κ2) is 28.7. The highest BCUT2D eigenvalue weighted by Gasteiger charge is 2.17. The summed E-state index contributed by atoms with van der Waals surface area (Å²) in [6.45, 7) is 1.83. The van der Waals surface area contributed by atoms with Crippen LogP contribution in [-0.2, 0) is 46.8 Å². The lowest BCUT2D eigenvalue weighted by molar-refractivity contribution is -0.121. The van der Waals surface area contributed by atoms with Gasteiger partial charge in [0.2, 0.25) is 5.91 Å². The highest BCUT2D eigenvalue weighted by molar-refractivity contribution is 7.47. The number of alkyl carbamates (subject to hydrolysis) is 2. The van der Waals surface area contributed by atoms with Gasteiger partial charge in [-0.05, 0) is 25.7 Å². The Balaban J connectivity index is 4.25. The fourth-order valence-corrected chi connectivity index (χ4v) is 3.48. The van der Waals surface area contributed by atoms with Crippen LogP contribution in [-0.4, -0.2) is 128 Å². The molecule has 3 amide bonds. The minimum absolute atomic E-state index is 0.0233. The molecule has 2 unspecified atom stereocenters. The van der Waals surface area contributed by atoms with Crippen LogP contribution in [0.15, 0.2) is 0 Å². The molecule has 0 fully saturated rings. The second-order valence-corrected chi connectivity index (χ2v) is 10.4. The first-order valence-corrected chi connectivity index (χ1v) is 15.7. The molecule has 0 bridgehead atoms. The molecule has 0 saturated carbocycles. The normalized spacial score (nSPS) is 13.1. The van der Waals surface area contributed by atoms with Gasteiger partial charge in [-0.1, -0.05) is 12.8 Å². The average molecular weight is 648 g/mol. The van der Waals surface area contributed by atoms with Crippen molar-refractivity contribution in [3.8, 4) is 0 Å². The van der Waals surface area contributed by atoms with E-state index in [0.717, 1.165) is 26.4 Å². The Labute approximate surface area is 253 Å². The Hall–Kier alpha value is -2.08. The van der Waals surface area contributed by atoms with Crippen molar-refractivity contribution >= 4 is 25.9 Å². The number of methoxy groups -OCH3 is 1. The van der Waals surface area contributed by atoms with Gasteiger partial charge in [-0.25, -0.2) is 14.2 Å². The molecule has 0 aromatic rings. The van der Waals surface area contributed by atoms with Gasteiger partial charge in [0.25, 0.3) is 0 Å². The molecule has 0 aliphatic carbocycles. The lowest BCUT2D eigenvalue weighted by Gasteiger charge is -2.18. The van der Waals surface area contributed by atoms with Crippen LogP contribution in [0.4, 0.5) is 9.59 Å². The van der Waals surface area contributed by atoms with Crippen molar-refractivity contribution in [3.05, 3.63) is 0 Å². The van der Waals surface area contributed by atoms with Crippen LogP contribution in [0.25, 0.3) is 0 Å². The van der Waals surface area contributed by atoms with Gasteiger partial charge < -0.3 is 49.1 Å². The maximum absolute atomic E-state index is 12.1. The zero-order valence-electron chi connectivity index (χ0n) is 25.3. The molecule has 0 spiro atoms. The first kappa shape index (κ1) is 40.9. The average Bonchev–Trinajstić information content (AvgIpc) is 2.99. The largest absolute Gasteiger partial charge is 0.471 e. The number of hydrogen-bond acceptors (Lipinski definition) is 13. The summed E-state index contributed by atoms with van der Waals surface area (Å²) < 4.78 is 51.4. The van der Waals surface area contributed by atoms with Crippen molar-refractivity contribution in [2.75, 3.05) is 93.5 Å². The third kappa shape index (κ3) is 28.4. The van der Waals surface area contributed by atoms with Crippen molar-refractivity contribution < 1.29 is 66.4 Å². The molecule has 17 nitrogen and oxygen atoms in total. The van der Waals surface area contributed by atoms with Crippen LogP contribution in [0.1, 0.15) is 44.9 Å². The maximum Gasteiger partial charge on any atom is 0.471 e. The highest BCUT2D eigenvalue weighted by atomic mass is 31.2. The topological polar surface area (TPSA) is 219 Å². The van der Waals surface area contributed by atoms with Gasteiger partial charge in [-0.15, -0.1) is 0 Å². The van der Waals surface area contributed by atoms with Crippen molar-refractivity contribution in [2.24, 2.45) is 0 Å². The van der Waals surface area contributed by atoms with Gasteiger partial charge in [0.15, 0.2) is 0 Å². The summed E-state index contributed by atoms with van der Waals surface area (Å²) in [4.78, 5) is 45.1. The Morgan fingerprint density at radius 1 is 0.744 bits per heavy atom. The van der Waals surface area contributed by atoms with E-state index in [9.17, 15) is 18.9 Å². The van der Waals surface area contributed by atoms with Gasteiger partial charge in [0, 0.05) is 53.6 Å². The lowest BCUT2D eigenvalue weighted by atomic mass is 10.2. The molecule has 2 atom stereocenters. The van der Waals surface area contributed by atoms with Crippen molar-refractivity contribution in [3.63, 3.8) is 0 Å². The van der Waals surface area contributed by atoms with Crippen LogP contribution in [0.2, 0.25) is 0 Å². The summed E-state index contributed by atoms with van der Waals surface area (Å²) in [5.41, 5.74) is 0. The van der Waals surface area contributed by atoms with E-state index >= 15 is 0 Å². The van der Waals surface area contributed by atoms with Gasteiger partial charge in [-0.3, -0.25) is 19.2 Å². The Bertz CT molecular complexity index is 765. The quantitative estimate of drug-likeness (QED) is 0.0436. The summed E-state index contributed by atoms with van der Waals surface area (Å²) in [5.74, 6) is -0.147. The summed E-state index contributed by atoms with van der Waals surface area (Å²) in [6, 6.07) is 0. The molecule has 0 aliphatic rings. The Kier molecular flexibility index (Phi) is 27.3. The van der Waals surface area contributed by atoms with E-state index < -0.39 is 26.1 Å². The van der Waals surface area contributed by atoms with E-state index in [-0.39, 0.29) is 65.2 Å². The number of amides is 3. The van der Waals surface area contributed by atoms with Gasteiger partial charge in [-0.2, -0.15) is 0 Å². The summed E-state index contributed by atoms with van der Waals surface area (Å²) in [7, 11) is -1.31. The van der Waals surface area contributed by atoms with Gasteiger partial charge >= 0.3 is 20.0 Å². The third-order valence-electron chi connectivity index (χ3n) is 5.29. The highest BCUT2D eigenvalue weighted by Crippen LogP contribution is 2.41. The molecule has 0 radical (unpaired) electrons. The number of rotatable bonds is 29. The van der Waals surface area contributed by atoms with E-state index in [0.29, 0.717) is 45.6 Å². The molecular formula is C25H50N3O14P. The van der Waals surface area contributed by atoms with Crippen LogP contribution in [0, 0.1) is 0 Å². The number of ether oxygens (including phenoxy) is 6. The SMILES string of the molecule is COCCOCNC(=O)OCC(COC(=O)NCCOCCCO)OCCCC(=O)NCCCCCCOP(=O)(O)OC. The zero-order valence-corrected chi connectivity index (χ0v) is 26.1. The molecule has 0 aliphatic heterocycles. The number of phosphoric ester groups is 1. The van der Waals surface area contributed by atoms with Crippen LogP contribution >= 0.6 is 7.82 Å². The summed E-state index contributed by atoms with van der Waals surface area (Å²) in [5, 5.41) is 16.5.